The maximum atomic E-state index is 11.5. The summed E-state index contributed by atoms with van der Waals surface area (Å²) in [5, 5.41) is 9.93. The van der Waals surface area contributed by atoms with Gasteiger partial charge in [-0.1, -0.05) is 36.9 Å². The summed E-state index contributed by atoms with van der Waals surface area (Å²) in [6, 6.07) is 9.78. The molecule has 1 atom stereocenters. The van der Waals surface area contributed by atoms with Crippen molar-refractivity contribution >= 4 is 5.97 Å². The fraction of sp³-hybridized carbons (Fsp3) is 0.333. The molecule has 96 valence electrons. The predicted molar refractivity (Wildman–Crippen MR) is 70.1 cm³/mol. The zero-order valence-electron chi connectivity index (χ0n) is 10.6. The summed E-state index contributed by atoms with van der Waals surface area (Å²) in [7, 11) is 0. The molecule has 1 N–H and O–H groups in total. The van der Waals surface area contributed by atoms with Gasteiger partial charge in [-0.15, -0.1) is 5.73 Å². The van der Waals surface area contributed by atoms with Gasteiger partial charge in [-0.3, -0.25) is 0 Å². The molecular formula is C15H18O3. The number of aliphatic hydroxyl groups excluding tert-OH is 1. The van der Waals surface area contributed by atoms with E-state index in [-0.39, 0.29) is 12.2 Å². The minimum atomic E-state index is -0.887. The molecule has 0 spiro atoms. The lowest BCUT2D eigenvalue weighted by Crippen LogP contribution is -2.20. The van der Waals surface area contributed by atoms with Crippen molar-refractivity contribution in [2.24, 2.45) is 0 Å². The minimum absolute atomic E-state index is 0.104. The first-order valence-electron chi connectivity index (χ1n) is 5.98. The molecule has 0 fully saturated rings. The molecule has 0 aliphatic carbocycles. The van der Waals surface area contributed by atoms with Gasteiger partial charge in [0.05, 0.1) is 12.7 Å². The minimum Gasteiger partial charge on any atom is -0.462 e. The molecule has 1 unspecified atom stereocenters. The number of rotatable bonds is 6. The molecule has 1 aromatic rings. The van der Waals surface area contributed by atoms with Crippen LogP contribution in [0.25, 0.3) is 0 Å². The monoisotopic (exact) mass is 246 g/mol. The van der Waals surface area contributed by atoms with Gasteiger partial charge < -0.3 is 9.84 Å². The third-order valence-electron chi connectivity index (χ3n) is 2.57. The second kappa shape index (κ2) is 7.49. The van der Waals surface area contributed by atoms with Crippen LogP contribution in [0, 0.1) is 0 Å². The molecular weight excluding hydrogens is 228 g/mol. The highest BCUT2D eigenvalue weighted by molar-refractivity contribution is 5.89. The molecule has 3 heteroatoms. The van der Waals surface area contributed by atoms with E-state index in [0.29, 0.717) is 12.8 Å². The molecule has 18 heavy (non-hydrogen) atoms. The number of aryl methyl sites for hydroxylation is 1. The lowest BCUT2D eigenvalue weighted by atomic mass is 10.0. The molecule has 0 aliphatic heterocycles. The van der Waals surface area contributed by atoms with Crippen LogP contribution in [0.2, 0.25) is 0 Å². The van der Waals surface area contributed by atoms with Crippen molar-refractivity contribution in [1.82, 2.24) is 0 Å². The van der Waals surface area contributed by atoms with Crippen LogP contribution in [0.3, 0.4) is 0 Å². The van der Waals surface area contributed by atoms with Crippen LogP contribution in [0.4, 0.5) is 0 Å². The van der Waals surface area contributed by atoms with Crippen molar-refractivity contribution in [3.05, 3.63) is 53.8 Å². The number of hydrogen-bond donors (Lipinski definition) is 1. The third kappa shape index (κ3) is 4.21. The molecule has 0 bridgehead atoms. The van der Waals surface area contributed by atoms with Crippen LogP contribution in [0.1, 0.15) is 18.9 Å². The fourth-order valence-corrected chi connectivity index (χ4v) is 1.63. The summed E-state index contributed by atoms with van der Waals surface area (Å²) in [4.78, 5) is 11.5. The molecule has 0 amide bonds. The van der Waals surface area contributed by atoms with E-state index in [4.69, 9.17) is 4.74 Å². The van der Waals surface area contributed by atoms with Crippen molar-refractivity contribution in [2.45, 2.75) is 25.9 Å². The van der Waals surface area contributed by atoms with E-state index in [2.05, 4.69) is 12.3 Å². The van der Waals surface area contributed by atoms with Gasteiger partial charge in [0.15, 0.2) is 0 Å². The van der Waals surface area contributed by atoms with E-state index in [1.165, 1.54) is 0 Å². The van der Waals surface area contributed by atoms with E-state index in [1.807, 2.05) is 30.3 Å². The number of aliphatic hydroxyl groups is 1. The number of hydrogen-bond acceptors (Lipinski definition) is 3. The Morgan fingerprint density at radius 1 is 1.44 bits per heavy atom. The van der Waals surface area contributed by atoms with Gasteiger partial charge in [-0.2, -0.15) is 0 Å². The van der Waals surface area contributed by atoms with Crippen molar-refractivity contribution in [1.29, 1.82) is 0 Å². The average molecular weight is 246 g/mol. The van der Waals surface area contributed by atoms with Crippen molar-refractivity contribution < 1.29 is 14.6 Å². The van der Waals surface area contributed by atoms with Gasteiger partial charge in [0.1, 0.15) is 5.57 Å². The van der Waals surface area contributed by atoms with Crippen molar-refractivity contribution in [3.63, 3.8) is 0 Å². The summed E-state index contributed by atoms with van der Waals surface area (Å²) >= 11 is 0. The Labute approximate surface area is 107 Å². The second-order valence-electron chi connectivity index (χ2n) is 3.85. The molecule has 3 nitrogen and oxygen atoms in total. The van der Waals surface area contributed by atoms with Gasteiger partial charge in [-0.25, -0.2) is 4.79 Å². The van der Waals surface area contributed by atoms with Crippen LogP contribution in [0.5, 0.6) is 0 Å². The molecule has 1 rings (SSSR count). The fourth-order valence-electron chi connectivity index (χ4n) is 1.63. The SMILES string of the molecule is C=C=C(C(=O)OCC)C(O)CCc1ccccc1. The van der Waals surface area contributed by atoms with Crippen LogP contribution in [-0.4, -0.2) is 23.8 Å². The predicted octanol–water partition coefficient (Wildman–Crippen LogP) is 2.25. The molecule has 0 aliphatic rings. The maximum Gasteiger partial charge on any atom is 0.344 e. The molecule has 1 aromatic carbocycles. The summed E-state index contributed by atoms with van der Waals surface area (Å²) in [5.41, 5.74) is 3.68. The average Bonchev–Trinajstić information content (AvgIpc) is 2.39. The number of carbonyl (C=O) groups is 1. The zero-order valence-corrected chi connectivity index (χ0v) is 10.6. The number of carbonyl (C=O) groups excluding carboxylic acids is 1. The third-order valence-corrected chi connectivity index (χ3v) is 2.57. The van der Waals surface area contributed by atoms with Crippen molar-refractivity contribution in [3.8, 4) is 0 Å². The van der Waals surface area contributed by atoms with E-state index >= 15 is 0 Å². The van der Waals surface area contributed by atoms with Crippen LogP contribution >= 0.6 is 0 Å². The Morgan fingerprint density at radius 2 is 2.11 bits per heavy atom. The number of esters is 1. The van der Waals surface area contributed by atoms with Crippen LogP contribution < -0.4 is 0 Å². The molecule has 0 aromatic heterocycles. The van der Waals surface area contributed by atoms with Gasteiger partial charge >= 0.3 is 5.97 Å². The van der Waals surface area contributed by atoms with Gasteiger partial charge in [0.25, 0.3) is 0 Å². The summed E-state index contributed by atoms with van der Waals surface area (Å²) in [5.74, 6) is -0.548. The Balaban J connectivity index is 2.56. The first-order chi connectivity index (χ1) is 8.69. The number of ether oxygens (including phenoxy) is 1. The van der Waals surface area contributed by atoms with E-state index in [9.17, 15) is 9.90 Å². The van der Waals surface area contributed by atoms with E-state index in [0.717, 1.165) is 5.56 Å². The normalized spacial score (nSPS) is 11.4. The van der Waals surface area contributed by atoms with E-state index in [1.54, 1.807) is 6.92 Å². The first kappa shape index (κ1) is 14.2. The Morgan fingerprint density at radius 3 is 2.67 bits per heavy atom. The number of benzene rings is 1. The van der Waals surface area contributed by atoms with E-state index < -0.39 is 12.1 Å². The highest BCUT2D eigenvalue weighted by atomic mass is 16.5. The summed E-state index contributed by atoms with van der Waals surface area (Å²) < 4.78 is 4.83. The Bertz CT molecular complexity index is 430. The lowest BCUT2D eigenvalue weighted by molar-refractivity contribution is -0.139. The van der Waals surface area contributed by atoms with Crippen LogP contribution in [-0.2, 0) is 16.0 Å². The van der Waals surface area contributed by atoms with Crippen molar-refractivity contribution in [2.75, 3.05) is 6.61 Å². The summed E-state index contributed by atoms with van der Waals surface area (Å²) in [6.07, 6.45) is 0.245. The molecule has 0 radical (unpaired) electrons. The molecule has 0 saturated heterocycles. The maximum absolute atomic E-state index is 11.5. The Kier molecular flexibility index (Phi) is 5.92. The smallest absolute Gasteiger partial charge is 0.344 e. The standard InChI is InChI=1S/C15H18O3/c1-3-13(15(17)18-4-2)14(16)11-10-12-8-6-5-7-9-12/h5-9,14,16H,1,4,10-11H2,2H3. The van der Waals surface area contributed by atoms with Gasteiger partial charge in [0, 0.05) is 0 Å². The second-order valence-corrected chi connectivity index (χ2v) is 3.85. The topological polar surface area (TPSA) is 46.5 Å². The van der Waals surface area contributed by atoms with Gasteiger partial charge in [-0.05, 0) is 25.3 Å². The molecule has 0 heterocycles. The molecule has 0 saturated carbocycles. The highest BCUT2D eigenvalue weighted by Crippen LogP contribution is 2.11. The lowest BCUT2D eigenvalue weighted by Gasteiger charge is -2.12. The summed E-state index contributed by atoms with van der Waals surface area (Å²) in [6.45, 7) is 5.41. The highest BCUT2D eigenvalue weighted by Gasteiger charge is 2.19. The largest absolute Gasteiger partial charge is 0.462 e. The van der Waals surface area contributed by atoms with Crippen LogP contribution in [0.15, 0.2) is 48.2 Å². The quantitative estimate of drug-likeness (QED) is 0.476. The zero-order chi connectivity index (χ0) is 13.4. The van der Waals surface area contributed by atoms with Gasteiger partial charge in [0.2, 0.25) is 0 Å². The first-order valence-corrected chi connectivity index (χ1v) is 5.98. The Hall–Kier alpha value is -1.83.